The first kappa shape index (κ1) is 15.8. The van der Waals surface area contributed by atoms with E-state index in [1.807, 2.05) is 0 Å². The van der Waals surface area contributed by atoms with E-state index in [1.165, 1.54) is 4.90 Å². The number of halogens is 4. The fourth-order valence-corrected chi connectivity index (χ4v) is 2.28. The van der Waals surface area contributed by atoms with Crippen molar-refractivity contribution >= 4 is 17.7 Å². The van der Waals surface area contributed by atoms with Crippen LogP contribution in [0.2, 0.25) is 5.02 Å². The summed E-state index contributed by atoms with van der Waals surface area (Å²) in [4.78, 5) is 12.0. The van der Waals surface area contributed by atoms with Crippen molar-refractivity contribution in [2.45, 2.75) is 25.1 Å². The lowest BCUT2D eigenvalue weighted by atomic mass is 10.1. The third-order valence-electron chi connectivity index (χ3n) is 3.26. The Hall–Kier alpha value is -1.63. The lowest BCUT2D eigenvalue weighted by molar-refractivity contribution is -0.137. The number of hydrogen-bond donors (Lipinski definition) is 1. The summed E-state index contributed by atoms with van der Waals surface area (Å²) in [6.07, 6.45) is -4.99. The summed E-state index contributed by atoms with van der Waals surface area (Å²) in [6.45, 7) is 0.577. The Labute approximate surface area is 124 Å². The van der Waals surface area contributed by atoms with Gasteiger partial charge in [0, 0.05) is 25.9 Å². The number of carbonyl (C=O) groups is 1. The van der Waals surface area contributed by atoms with Gasteiger partial charge in [-0.15, -0.1) is 0 Å². The van der Waals surface area contributed by atoms with Crippen LogP contribution in [0.1, 0.15) is 18.4 Å². The summed E-state index contributed by atoms with van der Waals surface area (Å²) in [5.41, 5.74) is -0.829. The van der Waals surface area contributed by atoms with Gasteiger partial charge in [0.05, 0.1) is 10.6 Å². The highest BCUT2D eigenvalue weighted by atomic mass is 35.5. The number of ether oxygens (including phenoxy) is 1. The topological polar surface area (TPSA) is 49.8 Å². The van der Waals surface area contributed by atoms with Crippen molar-refractivity contribution in [3.8, 4) is 5.75 Å². The van der Waals surface area contributed by atoms with E-state index in [1.54, 1.807) is 0 Å². The van der Waals surface area contributed by atoms with Gasteiger partial charge in [-0.25, -0.2) is 4.79 Å². The second-order valence-electron chi connectivity index (χ2n) is 4.73. The van der Waals surface area contributed by atoms with Crippen LogP contribution in [0.4, 0.5) is 18.0 Å². The number of carboxylic acid groups (broad SMARTS) is 1. The van der Waals surface area contributed by atoms with Gasteiger partial charge in [0.2, 0.25) is 0 Å². The predicted octanol–water partition coefficient (Wildman–Crippen LogP) is 3.88. The fraction of sp³-hybridized carbons (Fsp3) is 0.462. The molecule has 1 fully saturated rings. The lowest BCUT2D eigenvalue weighted by Crippen LogP contribution is -2.41. The largest absolute Gasteiger partial charge is 0.489 e. The number of benzene rings is 1. The van der Waals surface area contributed by atoms with Crippen LogP contribution in [0.15, 0.2) is 18.2 Å². The molecule has 1 aromatic carbocycles. The van der Waals surface area contributed by atoms with Crippen LogP contribution in [0, 0.1) is 0 Å². The zero-order valence-electron chi connectivity index (χ0n) is 10.9. The number of piperidine rings is 1. The number of nitrogens with zero attached hydrogens (tertiary/aromatic N) is 1. The number of likely N-dealkylation sites (tertiary alicyclic amines) is 1. The van der Waals surface area contributed by atoms with Crippen molar-refractivity contribution in [2.75, 3.05) is 13.1 Å². The molecule has 0 radical (unpaired) electrons. The molecule has 2 rings (SSSR count). The Bertz CT molecular complexity index is 528. The van der Waals surface area contributed by atoms with Crippen LogP contribution < -0.4 is 4.74 Å². The van der Waals surface area contributed by atoms with Gasteiger partial charge in [0.15, 0.2) is 0 Å². The standard InChI is InChI=1S/C13H13ClF3NO3/c14-10-2-1-8(13(15,16)17)7-11(10)21-9-3-5-18(6-4-9)12(19)20/h1-2,7,9H,3-6H2,(H,19,20). The van der Waals surface area contributed by atoms with Gasteiger partial charge in [-0.3, -0.25) is 0 Å². The summed E-state index contributed by atoms with van der Waals surface area (Å²) in [6, 6.07) is 2.90. The maximum Gasteiger partial charge on any atom is 0.416 e. The van der Waals surface area contributed by atoms with E-state index >= 15 is 0 Å². The first-order valence-electron chi connectivity index (χ1n) is 6.28. The number of hydrogen-bond acceptors (Lipinski definition) is 2. The summed E-state index contributed by atoms with van der Waals surface area (Å²) in [7, 11) is 0. The molecule has 0 unspecified atom stereocenters. The molecule has 1 heterocycles. The van der Waals surface area contributed by atoms with Gasteiger partial charge >= 0.3 is 12.3 Å². The Kier molecular flexibility index (Phi) is 4.51. The summed E-state index contributed by atoms with van der Waals surface area (Å²) in [5, 5.41) is 8.92. The molecule has 1 N–H and O–H groups in total. The Morgan fingerprint density at radius 3 is 2.48 bits per heavy atom. The molecule has 1 aromatic rings. The van der Waals surface area contributed by atoms with Crippen LogP contribution in [-0.2, 0) is 6.18 Å². The van der Waals surface area contributed by atoms with Gasteiger partial charge in [-0.05, 0) is 18.2 Å². The van der Waals surface area contributed by atoms with E-state index in [-0.39, 0.29) is 30.0 Å². The highest BCUT2D eigenvalue weighted by Crippen LogP contribution is 2.35. The van der Waals surface area contributed by atoms with Crippen molar-refractivity contribution < 1.29 is 27.8 Å². The summed E-state index contributed by atoms with van der Waals surface area (Å²) in [5.74, 6) is -0.0275. The van der Waals surface area contributed by atoms with Crippen molar-refractivity contribution in [3.63, 3.8) is 0 Å². The Balaban J connectivity index is 2.05. The molecule has 8 heteroatoms. The molecule has 21 heavy (non-hydrogen) atoms. The fourth-order valence-electron chi connectivity index (χ4n) is 2.11. The maximum absolute atomic E-state index is 12.6. The number of rotatable bonds is 2. The Morgan fingerprint density at radius 1 is 1.33 bits per heavy atom. The first-order chi connectivity index (χ1) is 9.77. The zero-order valence-corrected chi connectivity index (χ0v) is 11.6. The second-order valence-corrected chi connectivity index (χ2v) is 5.14. The van der Waals surface area contributed by atoms with Crippen molar-refractivity contribution in [3.05, 3.63) is 28.8 Å². The molecule has 1 aliphatic heterocycles. The monoisotopic (exact) mass is 323 g/mol. The predicted molar refractivity (Wildman–Crippen MR) is 69.7 cm³/mol. The minimum absolute atomic E-state index is 0.0275. The van der Waals surface area contributed by atoms with E-state index in [9.17, 15) is 18.0 Å². The highest BCUT2D eigenvalue weighted by molar-refractivity contribution is 6.32. The minimum atomic E-state index is -4.46. The van der Waals surface area contributed by atoms with Crippen molar-refractivity contribution in [1.29, 1.82) is 0 Å². The molecule has 1 amide bonds. The van der Waals surface area contributed by atoms with Crippen LogP contribution in [-0.4, -0.2) is 35.3 Å². The van der Waals surface area contributed by atoms with Crippen molar-refractivity contribution in [1.82, 2.24) is 4.90 Å². The van der Waals surface area contributed by atoms with E-state index < -0.39 is 17.8 Å². The third kappa shape index (κ3) is 3.93. The van der Waals surface area contributed by atoms with Gasteiger partial charge in [-0.2, -0.15) is 13.2 Å². The summed E-state index contributed by atoms with van der Waals surface area (Å²) >= 11 is 5.85. The molecule has 4 nitrogen and oxygen atoms in total. The SMILES string of the molecule is O=C(O)N1CCC(Oc2cc(C(F)(F)F)ccc2Cl)CC1. The molecular formula is C13H13ClF3NO3. The molecule has 0 aliphatic carbocycles. The molecule has 116 valence electrons. The molecule has 1 aliphatic rings. The third-order valence-corrected chi connectivity index (χ3v) is 3.58. The van der Waals surface area contributed by atoms with Gasteiger partial charge in [0.1, 0.15) is 11.9 Å². The van der Waals surface area contributed by atoms with E-state index in [0.29, 0.717) is 12.8 Å². The smallest absolute Gasteiger partial charge is 0.416 e. The summed E-state index contributed by atoms with van der Waals surface area (Å²) < 4.78 is 43.4. The normalized spacial score (nSPS) is 16.9. The van der Waals surface area contributed by atoms with Crippen molar-refractivity contribution in [2.24, 2.45) is 0 Å². The highest BCUT2D eigenvalue weighted by Gasteiger charge is 2.32. The van der Waals surface area contributed by atoms with E-state index in [4.69, 9.17) is 21.4 Å². The minimum Gasteiger partial charge on any atom is -0.489 e. The molecule has 0 aromatic heterocycles. The van der Waals surface area contributed by atoms with Crippen LogP contribution >= 0.6 is 11.6 Å². The average Bonchev–Trinajstić information content (AvgIpc) is 2.40. The van der Waals surface area contributed by atoms with Gasteiger partial charge in [-0.1, -0.05) is 11.6 Å². The molecular weight excluding hydrogens is 311 g/mol. The second kappa shape index (κ2) is 6.01. The van der Waals surface area contributed by atoms with E-state index in [0.717, 1.165) is 18.2 Å². The average molecular weight is 324 g/mol. The molecule has 1 saturated heterocycles. The Morgan fingerprint density at radius 2 is 1.95 bits per heavy atom. The van der Waals surface area contributed by atoms with Crippen LogP contribution in [0.5, 0.6) is 5.75 Å². The quantitative estimate of drug-likeness (QED) is 0.898. The van der Waals surface area contributed by atoms with Gasteiger partial charge < -0.3 is 14.7 Å². The first-order valence-corrected chi connectivity index (χ1v) is 6.66. The zero-order chi connectivity index (χ0) is 15.6. The number of alkyl halides is 3. The van der Waals surface area contributed by atoms with Crippen LogP contribution in [0.3, 0.4) is 0 Å². The molecule has 0 spiro atoms. The van der Waals surface area contributed by atoms with E-state index in [2.05, 4.69) is 0 Å². The maximum atomic E-state index is 12.6. The molecule has 0 saturated carbocycles. The molecule has 0 atom stereocenters. The molecule has 0 bridgehead atoms. The lowest BCUT2D eigenvalue weighted by Gasteiger charge is -2.30. The number of amides is 1. The van der Waals surface area contributed by atoms with Crippen LogP contribution in [0.25, 0.3) is 0 Å². The van der Waals surface area contributed by atoms with Gasteiger partial charge in [0.25, 0.3) is 0 Å².